The van der Waals surface area contributed by atoms with Gasteiger partial charge in [0.15, 0.2) is 0 Å². The van der Waals surface area contributed by atoms with Gasteiger partial charge in [-0.2, -0.15) is 18.2 Å². The number of nitrogens with zero attached hydrogens (tertiary/aromatic N) is 4. The normalized spacial score (nSPS) is 15.4. The van der Waals surface area contributed by atoms with Crippen LogP contribution < -0.4 is 9.30 Å². The molecule has 5 nitrogen and oxygen atoms in total. The number of hydrogen-bond donors (Lipinski definition) is 0. The van der Waals surface area contributed by atoms with E-state index < -0.39 is 103 Å². The average Bonchev–Trinajstić information content (AvgIpc) is 1.72. The van der Waals surface area contributed by atoms with Gasteiger partial charge < -0.3 is 13.9 Å². The summed E-state index contributed by atoms with van der Waals surface area (Å²) in [5, 5.41) is 1.48. The number of pyridine rings is 1. The van der Waals surface area contributed by atoms with Crippen LogP contribution >= 0.6 is 0 Å². The summed E-state index contributed by atoms with van der Waals surface area (Å²) in [5.74, 6) is 0.582. The van der Waals surface area contributed by atoms with Crippen molar-refractivity contribution in [2.45, 2.75) is 59.2 Å². The Morgan fingerprint density at radius 1 is 0.560 bits per heavy atom. The summed E-state index contributed by atoms with van der Waals surface area (Å²) in [6.45, 7) is 9.32. The van der Waals surface area contributed by atoms with Crippen LogP contribution in [0.5, 0.6) is 11.5 Å². The number of ether oxygens (including phenoxy) is 1. The third-order valence-electron chi connectivity index (χ3n) is 13.1. The first-order valence-electron chi connectivity index (χ1n) is 33.0. The van der Waals surface area contributed by atoms with E-state index in [1.165, 1.54) is 18.3 Å². The van der Waals surface area contributed by atoms with Crippen LogP contribution in [0.1, 0.15) is 82.9 Å². The van der Waals surface area contributed by atoms with E-state index >= 15 is 0 Å². The maximum absolute atomic E-state index is 9.41. The monoisotopic (exact) mass is 1170 g/mol. The number of hydrogen-bond acceptors (Lipinski definition) is 2. The molecule has 6 heteroatoms. The van der Waals surface area contributed by atoms with Crippen molar-refractivity contribution < 1.29 is 55.0 Å². The molecule has 3 aromatic heterocycles. The molecule has 0 aliphatic rings. The molecule has 0 bridgehead atoms. The van der Waals surface area contributed by atoms with Crippen LogP contribution in [0, 0.1) is 25.3 Å². The summed E-state index contributed by atoms with van der Waals surface area (Å²) >= 11 is 0. The first kappa shape index (κ1) is 32.3. The van der Waals surface area contributed by atoms with Crippen LogP contribution in [0.4, 0.5) is 0 Å². The summed E-state index contributed by atoms with van der Waals surface area (Å²) in [6.07, 6.45) is 4.78. The minimum absolute atomic E-state index is 0. The molecule has 12 aromatic rings. The number of benzene rings is 9. The van der Waals surface area contributed by atoms with Gasteiger partial charge in [0.05, 0.1) is 37.3 Å². The predicted molar refractivity (Wildman–Crippen MR) is 304 cm³/mol. The second kappa shape index (κ2) is 19.6. The van der Waals surface area contributed by atoms with Gasteiger partial charge in [-0.1, -0.05) is 198 Å². The van der Waals surface area contributed by atoms with Gasteiger partial charge in [0.1, 0.15) is 5.82 Å². The largest absolute Gasteiger partial charge is 0.510 e. The molecule has 75 heavy (non-hydrogen) atoms. The molecule has 12 rings (SSSR count). The van der Waals surface area contributed by atoms with Crippen LogP contribution in [-0.2, 0) is 31.9 Å². The number of rotatable bonds is 9. The zero-order valence-electron chi connectivity index (χ0n) is 59.6. The van der Waals surface area contributed by atoms with E-state index in [-0.39, 0.29) is 82.7 Å². The molecule has 0 saturated heterocycles. The van der Waals surface area contributed by atoms with Gasteiger partial charge in [0.2, 0.25) is 0 Å². The molecule has 0 atom stereocenters. The zero-order chi connectivity index (χ0) is 66.3. The van der Waals surface area contributed by atoms with Crippen LogP contribution in [0.25, 0.3) is 94.5 Å². The Kier molecular flexibility index (Phi) is 8.44. The van der Waals surface area contributed by atoms with Crippen molar-refractivity contribution in [2.24, 2.45) is 0 Å². The smallest absolute Gasteiger partial charge is 0.268 e. The SMILES string of the molecule is [2H]c1c([2H])c([2H])c(-c2cc(-c3c([2H])c([2H])c([2H])c([2H])c3[2H])c(-[n+]3[c-]n(-c4[c-]c(Oc5[c-]c6c(cc5)c5ccccc5n6-c5cc(C([2H])([2H])[2H])c(-c6c([2H])c([2H])c([2H])c([2H])c6[2H])cn5)ccc4)c4cc(-c5ccc(C(C)(C)C)cc5)ccc43)c(C(C)(C)C)c2)c([2H])c1[2H].[Pt]. The Bertz CT molecular complexity index is 5020. The summed E-state index contributed by atoms with van der Waals surface area (Å²) in [6, 6.07) is 33.1. The molecule has 0 unspecified atom stereocenters. The zero-order valence-corrected chi connectivity index (χ0v) is 43.8. The minimum Gasteiger partial charge on any atom is -0.510 e. The van der Waals surface area contributed by atoms with Crippen molar-refractivity contribution in [3.8, 4) is 73.2 Å². The number of aryl methyl sites for hydroxylation is 1. The van der Waals surface area contributed by atoms with E-state index in [1.807, 2.05) is 81.4 Å². The topological polar surface area (TPSA) is 35.9 Å². The molecule has 9 aromatic carbocycles. The molecule has 0 saturated carbocycles. The molecule has 0 spiro atoms. The molecule has 0 amide bonds. The fraction of sp³-hybridized carbons (Fsp3) is 0.130. The molecule has 0 aliphatic carbocycles. The number of para-hydroxylation sites is 1. The first-order valence-corrected chi connectivity index (χ1v) is 24.0. The fourth-order valence-corrected chi connectivity index (χ4v) is 9.42. The summed E-state index contributed by atoms with van der Waals surface area (Å²) in [5.41, 5.74) is 4.47. The standard InChI is InChI=1S/C69H56N4O.Pt/c1-46-38-66(70-44-60(46)50-24-15-10-16-25-50)73-62-29-18-17-28-57(62)58-36-35-56(43-64(58)73)74-55-27-19-26-54(42-55)71-45-72(63-37-32-51(41-65(63)71)48-30-33-53(34-31-48)68(2,3)4)67-59(49-22-13-9-14-23-49)39-52(40-61(67)69(5,6)7)47-20-11-8-12-21-47;/h8-41,44H,1-7H3;/q-2;/i1D3,8D,9D,10D,11D,12D,13D,14D,15D,16D,20D,21D,22D,23D,24D,25D;. The Hall–Kier alpha value is -8.11. The minimum atomic E-state index is -2.84. The summed E-state index contributed by atoms with van der Waals surface area (Å²) in [4.78, 5) is 4.70. The van der Waals surface area contributed by atoms with Crippen molar-refractivity contribution in [3.63, 3.8) is 0 Å². The number of imidazole rings is 1. The first-order chi connectivity index (χ1) is 43.3. The second-order valence-electron chi connectivity index (χ2n) is 20.0. The van der Waals surface area contributed by atoms with E-state index in [0.29, 0.717) is 44.4 Å². The Balaban J connectivity index is 0.00000884. The van der Waals surface area contributed by atoms with Crippen molar-refractivity contribution in [1.29, 1.82) is 0 Å². The van der Waals surface area contributed by atoms with Gasteiger partial charge in [-0.05, 0) is 109 Å². The second-order valence-corrected chi connectivity index (χ2v) is 20.0. The van der Waals surface area contributed by atoms with Crippen molar-refractivity contribution in [3.05, 3.63) is 247 Å². The van der Waals surface area contributed by atoms with Crippen LogP contribution in [0.15, 0.2) is 212 Å². The maximum atomic E-state index is 9.41. The third-order valence-corrected chi connectivity index (χ3v) is 13.1. The summed E-state index contributed by atoms with van der Waals surface area (Å²) < 4.78 is 169. The van der Waals surface area contributed by atoms with Crippen LogP contribution in [0.3, 0.4) is 0 Å². The van der Waals surface area contributed by atoms with Crippen LogP contribution in [0.2, 0.25) is 0 Å². The summed E-state index contributed by atoms with van der Waals surface area (Å²) in [7, 11) is 0. The Morgan fingerprint density at radius 2 is 1.23 bits per heavy atom. The quantitative estimate of drug-likeness (QED) is 0.107. The average molecular weight is 1170 g/mol. The fourth-order valence-electron chi connectivity index (χ4n) is 9.42. The molecule has 0 fully saturated rings. The van der Waals surface area contributed by atoms with Crippen molar-refractivity contribution >= 4 is 32.8 Å². The number of fused-ring (bicyclic) bond motifs is 4. The molecule has 0 N–H and O–H groups in total. The van der Waals surface area contributed by atoms with Gasteiger partial charge in [0.25, 0.3) is 6.33 Å². The van der Waals surface area contributed by atoms with Gasteiger partial charge >= 0.3 is 0 Å². The Morgan fingerprint density at radius 3 is 1.92 bits per heavy atom. The third kappa shape index (κ3) is 9.32. The molecular formula is C69H56N4OPt-2. The molecule has 3 heterocycles. The molecular weight excluding hydrogens is 1100 g/mol. The van der Waals surface area contributed by atoms with E-state index in [1.54, 1.807) is 44.0 Å². The van der Waals surface area contributed by atoms with E-state index in [9.17, 15) is 2.74 Å². The molecule has 0 aliphatic heterocycles. The maximum Gasteiger partial charge on any atom is 0.268 e. The molecule has 0 radical (unpaired) electrons. The van der Waals surface area contributed by atoms with E-state index in [4.69, 9.17) is 31.7 Å². The van der Waals surface area contributed by atoms with E-state index in [2.05, 4.69) is 51.4 Å². The predicted octanol–water partition coefficient (Wildman–Crippen LogP) is 17.2. The van der Waals surface area contributed by atoms with Gasteiger partial charge in [0, 0.05) is 54.0 Å². The Labute approximate surface area is 479 Å². The number of aromatic nitrogens is 4. The van der Waals surface area contributed by atoms with Gasteiger partial charge in [-0.3, -0.25) is 4.57 Å². The van der Waals surface area contributed by atoms with Crippen molar-refractivity contribution in [2.75, 3.05) is 0 Å². The molecule has 370 valence electrons. The van der Waals surface area contributed by atoms with Gasteiger partial charge in [-0.25, -0.2) is 4.98 Å². The van der Waals surface area contributed by atoms with Crippen molar-refractivity contribution in [1.82, 2.24) is 14.1 Å². The van der Waals surface area contributed by atoms with Crippen LogP contribution in [-0.4, -0.2) is 14.1 Å². The van der Waals surface area contributed by atoms with E-state index in [0.717, 1.165) is 22.1 Å². The van der Waals surface area contributed by atoms with Gasteiger partial charge in [-0.15, -0.1) is 29.7 Å².